The molecule has 0 spiro atoms. The molecule has 0 saturated heterocycles. The van der Waals surface area contributed by atoms with E-state index in [0.29, 0.717) is 10.9 Å². The maximum absolute atomic E-state index is 13.0. The van der Waals surface area contributed by atoms with E-state index in [9.17, 15) is 4.39 Å². The van der Waals surface area contributed by atoms with Gasteiger partial charge in [-0.25, -0.2) is 4.39 Å². The van der Waals surface area contributed by atoms with Crippen molar-refractivity contribution in [1.29, 1.82) is 0 Å². The third kappa shape index (κ3) is 3.93. The Bertz CT molecular complexity index is 425. The van der Waals surface area contributed by atoms with Crippen LogP contribution in [0.5, 0.6) is 0 Å². The molecule has 19 heavy (non-hydrogen) atoms. The van der Waals surface area contributed by atoms with Gasteiger partial charge in [-0.1, -0.05) is 31.5 Å². The molecule has 2 N–H and O–H groups in total. The number of halogens is 2. The molecule has 1 saturated carbocycles. The fraction of sp³-hybridized carbons (Fsp3) is 0.625. The Morgan fingerprint density at radius 3 is 2.47 bits per heavy atom. The Morgan fingerprint density at radius 1 is 1.26 bits per heavy atom. The first-order valence-electron chi connectivity index (χ1n) is 7.15. The van der Waals surface area contributed by atoms with Crippen molar-refractivity contribution < 1.29 is 4.39 Å². The standard InChI is InChI=1S/C16H23ClFN/c1-10-5-11(2)7-13(6-10)16(19)8-12-3-4-14(18)9-15(12)17/h3-4,9-11,13,16H,5-8,19H2,1-2H3. The molecule has 3 atom stereocenters. The van der Waals surface area contributed by atoms with E-state index in [0.717, 1.165) is 23.8 Å². The summed E-state index contributed by atoms with van der Waals surface area (Å²) in [4.78, 5) is 0. The molecule has 106 valence electrons. The molecular formula is C16H23ClFN. The van der Waals surface area contributed by atoms with Crippen molar-refractivity contribution in [3.63, 3.8) is 0 Å². The molecule has 0 amide bonds. The quantitative estimate of drug-likeness (QED) is 0.873. The summed E-state index contributed by atoms with van der Waals surface area (Å²) in [6.45, 7) is 4.61. The van der Waals surface area contributed by atoms with Gasteiger partial charge in [-0.15, -0.1) is 0 Å². The number of nitrogens with two attached hydrogens (primary N) is 1. The minimum atomic E-state index is -0.290. The minimum Gasteiger partial charge on any atom is -0.327 e. The highest BCUT2D eigenvalue weighted by atomic mass is 35.5. The summed E-state index contributed by atoms with van der Waals surface area (Å²) in [6, 6.07) is 4.70. The number of hydrogen-bond acceptors (Lipinski definition) is 1. The summed E-state index contributed by atoms with van der Waals surface area (Å²) in [5, 5.41) is 0.493. The van der Waals surface area contributed by atoms with Gasteiger partial charge < -0.3 is 5.73 Å². The molecule has 0 radical (unpaired) electrons. The van der Waals surface area contributed by atoms with E-state index in [-0.39, 0.29) is 11.9 Å². The van der Waals surface area contributed by atoms with Crippen LogP contribution in [0.4, 0.5) is 4.39 Å². The van der Waals surface area contributed by atoms with E-state index >= 15 is 0 Å². The molecule has 3 unspecified atom stereocenters. The van der Waals surface area contributed by atoms with Crippen LogP contribution in [0.25, 0.3) is 0 Å². The summed E-state index contributed by atoms with van der Waals surface area (Å²) >= 11 is 6.07. The van der Waals surface area contributed by atoms with E-state index in [4.69, 9.17) is 17.3 Å². The second-order valence-corrected chi connectivity index (χ2v) is 6.69. The van der Waals surface area contributed by atoms with Gasteiger partial charge in [0.25, 0.3) is 0 Å². The summed E-state index contributed by atoms with van der Waals surface area (Å²) in [5.41, 5.74) is 7.32. The zero-order chi connectivity index (χ0) is 14.0. The second kappa shape index (κ2) is 6.23. The topological polar surface area (TPSA) is 26.0 Å². The molecule has 1 nitrogen and oxygen atoms in total. The van der Waals surface area contributed by atoms with Gasteiger partial charge in [0, 0.05) is 11.1 Å². The first-order valence-corrected chi connectivity index (χ1v) is 7.53. The van der Waals surface area contributed by atoms with Crippen LogP contribution in [-0.2, 0) is 6.42 Å². The molecule has 3 heteroatoms. The lowest BCUT2D eigenvalue weighted by molar-refractivity contribution is 0.192. The van der Waals surface area contributed by atoms with E-state index in [1.807, 2.05) is 0 Å². The van der Waals surface area contributed by atoms with Gasteiger partial charge in [-0.2, -0.15) is 0 Å². The lowest BCUT2D eigenvalue weighted by atomic mass is 9.73. The van der Waals surface area contributed by atoms with Crippen molar-refractivity contribution in [2.24, 2.45) is 23.5 Å². The Morgan fingerprint density at radius 2 is 1.89 bits per heavy atom. The fourth-order valence-corrected chi connectivity index (χ4v) is 3.71. The van der Waals surface area contributed by atoms with Gasteiger partial charge in [0.15, 0.2) is 0 Å². The van der Waals surface area contributed by atoms with Gasteiger partial charge in [0.2, 0.25) is 0 Å². The zero-order valence-electron chi connectivity index (χ0n) is 11.7. The highest BCUT2D eigenvalue weighted by Crippen LogP contribution is 2.35. The molecule has 1 aliphatic rings. The van der Waals surface area contributed by atoms with Crippen molar-refractivity contribution in [2.75, 3.05) is 0 Å². The molecule has 0 aliphatic heterocycles. The van der Waals surface area contributed by atoms with E-state index in [2.05, 4.69) is 13.8 Å². The van der Waals surface area contributed by atoms with Gasteiger partial charge in [-0.3, -0.25) is 0 Å². The molecule has 1 fully saturated rings. The Labute approximate surface area is 120 Å². The normalized spacial score (nSPS) is 29.2. The van der Waals surface area contributed by atoms with Crippen LogP contribution in [-0.4, -0.2) is 6.04 Å². The van der Waals surface area contributed by atoms with Crippen molar-refractivity contribution in [1.82, 2.24) is 0 Å². The van der Waals surface area contributed by atoms with Crippen molar-refractivity contribution in [2.45, 2.75) is 45.6 Å². The second-order valence-electron chi connectivity index (χ2n) is 6.28. The van der Waals surface area contributed by atoms with Gasteiger partial charge >= 0.3 is 0 Å². The Kier molecular flexibility index (Phi) is 4.86. The molecule has 0 aromatic heterocycles. The number of benzene rings is 1. The van der Waals surface area contributed by atoms with E-state index in [1.165, 1.54) is 31.4 Å². The third-order valence-electron chi connectivity index (χ3n) is 4.29. The first kappa shape index (κ1) is 14.8. The third-order valence-corrected chi connectivity index (χ3v) is 4.64. The average Bonchev–Trinajstić information content (AvgIpc) is 2.31. The molecule has 1 aromatic carbocycles. The smallest absolute Gasteiger partial charge is 0.124 e. The maximum Gasteiger partial charge on any atom is 0.124 e. The van der Waals surface area contributed by atoms with Crippen LogP contribution < -0.4 is 5.73 Å². The number of rotatable bonds is 3. The molecule has 1 aliphatic carbocycles. The van der Waals surface area contributed by atoms with Crippen molar-refractivity contribution in [3.8, 4) is 0 Å². The molecular weight excluding hydrogens is 261 g/mol. The van der Waals surface area contributed by atoms with Crippen molar-refractivity contribution >= 4 is 11.6 Å². The SMILES string of the molecule is CC1CC(C)CC(C(N)Cc2ccc(F)cc2Cl)C1. The van der Waals surface area contributed by atoms with Gasteiger partial charge in [0.1, 0.15) is 5.82 Å². The van der Waals surface area contributed by atoms with Crippen molar-refractivity contribution in [3.05, 3.63) is 34.6 Å². The summed E-state index contributed by atoms with van der Waals surface area (Å²) in [5.74, 6) is 1.77. The summed E-state index contributed by atoms with van der Waals surface area (Å²) < 4.78 is 13.0. The predicted octanol–water partition coefficient (Wildman–Crippen LogP) is 4.42. The van der Waals surface area contributed by atoms with E-state index < -0.39 is 0 Å². The Balaban J connectivity index is 2.02. The summed E-state index contributed by atoms with van der Waals surface area (Å²) in [7, 11) is 0. The Hall–Kier alpha value is -0.600. The van der Waals surface area contributed by atoms with Gasteiger partial charge in [0.05, 0.1) is 0 Å². The monoisotopic (exact) mass is 283 g/mol. The minimum absolute atomic E-state index is 0.119. The lowest BCUT2D eigenvalue weighted by Crippen LogP contribution is -2.37. The van der Waals surface area contributed by atoms with Crippen LogP contribution in [0.1, 0.15) is 38.7 Å². The average molecular weight is 284 g/mol. The number of hydrogen-bond donors (Lipinski definition) is 1. The van der Waals surface area contributed by atoms with Crippen LogP contribution >= 0.6 is 11.6 Å². The fourth-order valence-electron chi connectivity index (χ4n) is 3.47. The molecule has 0 heterocycles. The van der Waals surface area contributed by atoms with Crippen LogP contribution in [0.15, 0.2) is 18.2 Å². The first-order chi connectivity index (χ1) is 8.95. The van der Waals surface area contributed by atoms with Crippen LogP contribution in [0.3, 0.4) is 0 Å². The molecule has 0 bridgehead atoms. The largest absolute Gasteiger partial charge is 0.327 e. The van der Waals surface area contributed by atoms with Gasteiger partial charge in [-0.05, 0) is 61.1 Å². The summed E-state index contributed by atoms with van der Waals surface area (Å²) in [6.07, 6.45) is 4.44. The van der Waals surface area contributed by atoms with E-state index in [1.54, 1.807) is 6.07 Å². The molecule has 1 aromatic rings. The van der Waals surface area contributed by atoms with Crippen LogP contribution in [0.2, 0.25) is 5.02 Å². The zero-order valence-corrected chi connectivity index (χ0v) is 12.5. The highest BCUT2D eigenvalue weighted by molar-refractivity contribution is 6.31. The maximum atomic E-state index is 13.0. The van der Waals surface area contributed by atoms with Crippen LogP contribution in [0, 0.1) is 23.6 Å². The molecule has 2 rings (SSSR count). The highest BCUT2D eigenvalue weighted by Gasteiger charge is 2.28. The lowest BCUT2D eigenvalue weighted by Gasteiger charge is -2.35. The predicted molar refractivity (Wildman–Crippen MR) is 78.8 cm³/mol.